The highest BCUT2D eigenvalue weighted by Crippen LogP contribution is 2.24. The minimum atomic E-state index is 0.424. The topological polar surface area (TPSA) is 50.3 Å². The molecule has 5 nitrogen and oxygen atoms in total. The molecule has 1 aliphatic heterocycles. The molecule has 0 bridgehead atoms. The van der Waals surface area contributed by atoms with Crippen LogP contribution in [0.1, 0.15) is 6.92 Å². The lowest BCUT2D eigenvalue weighted by molar-refractivity contribution is 0.0227. The zero-order valence-corrected chi connectivity index (χ0v) is 15.1. The summed E-state index contributed by atoms with van der Waals surface area (Å²) in [7, 11) is 0. The summed E-state index contributed by atoms with van der Waals surface area (Å²) in [6.07, 6.45) is 0. The molecule has 1 N–H and O–H groups in total. The van der Waals surface area contributed by atoms with Gasteiger partial charge in [-0.3, -0.25) is 4.90 Å². The first-order valence-corrected chi connectivity index (χ1v) is 9.19. The Labute approximate surface area is 154 Å². The fourth-order valence-electron chi connectivity index (χ4n) is 3.32. The molecule has 1 unspecified atom stereocenters. The van der Waals surface area contributed by atoms with Gasteiger partial charge in [-0.05, 0) is 19.1 Å². The van der Waals surface area contributed by atoms with E-state index in [1.165, 1.54) is 0 Å². The fraction of sp³-hybridized carbons (Fsp3) is 0.333. The van der Waals surface area contributed by atoms with E-state index in [-0.39, 0.29) is 0 Å². The molecule has 0 amide bonds. The van der Waals surface area contributed by atoms with Crippen LogP contribution in [0.3, 0.4) is 0 Å². The van der Waals surface area contributed by atoms with Crippen LogP contribution in [0.25, 0.3) is 22.3 Å². The highest BCUT2D eigenvalue weighted by Gasteiger charge is 2.17. The maximum Gasteiger partial charge on any atom is 0.162 e. The van der Waals surface area contributed by atoms with Crippen molar-refractivity contribution in [2.75, 3.05) is 38.2 Å². The standard InChI is InChI=1S/C21H24N4O/c1-16(25-11-13-26-14-12-25)15-22-21-18-9-5-6-10-19(18)23-20(24-21)17-7-3-2-4-8-17/h2-10,16H,11-15H2,1H3,(H,22,23,24). The van der Waals surface area contributed by atoms with Gasteiger partial charge in [0.1, 0.15) is 5.82 Å². The number of ether oxygens (including phenoxy) is 1. The summed E-state index contributed by atoms with van der Waals surface area (Å²) in [5.41, 5.74) is 1.99. The van der Waals surface area contributed by atoms with Crippen LogP contribution in [0.15, 0.2) is 54.6 Å². The third kappa shape index (κ3) is 3.69. The Kier molecular flexibility index (Phi) is 5.09. The van der Waals surface area contributed by atoms with Gasteiger partial charge in [-0.25, -0.2) is 9.97 Å². The lowest BCUT2D eigenvalue weighted by Crippen LogP contribution is -2.45. The van der Waals surface area contributed by atoms with E-state index >= 15 is 0 Å². The zero-order chi connectivity index (χ0) is 17.8. The maximum atomic E-state index is 5.45. The molecule has 134 valence electrons. The quantitative estimate of drug-likeness (QED) is 0.765. The van der Waals surface area contributed by atoms with Crippen molar-refractivity contribution in [2.24, 2.45) is 0 Å². The van der Waals surface area contributed by atoms with Crippen LogP contribution in [0.2, 0.25) is 0 Å². The van der Waals surface area contributed by atoms with E-state index in [1.54, 1.807) is 0 Å². The number of nitrogens with zero attached hydrogens (tertiary/aromatic N) is 3. The number of hydrogen-bond donors (Lipinski definition) is 1. The Balaban J connectivity index is 1.60. The molecule has 1 aliphatic rings. The second-order valence-electron chi connectivity index (χ2n) is 6.66. The number of benzene rings is 2. The summed E-state index contributed by atoms with van der Waals surface area (Å²) in [6.45, 7) is 6.71. The normalized spacial score (nSPS) is 16.5. The van der Waals surface area contributed by atoms with Crippen LogP contribution in [0.4, 0.5) is 5.82 Å². The molecular formula is C21H24N4O. The molecule has 0 aliphatic carbocycles. The van der Waals surface area contributed by atoms with Gasteiger partial charge in [-0.15, -0.1) is 0 Å². The van der Waals surface area contributed by atoms with E-state index < -0.39 is 0 Å². The van der Waals surface area contributed by atoms with Crippen LogP contribution in [0.5, 0.6) is 0 Å². The lowest BCUT2D eigenvalue weighted by atomic mass is 10.1. The molecule has 1 fully saturated rings. The number of aromatic nitrogens is 2. The van der Waals surface area contributed by atoms with Crippen molar-refractivity contribution in [3.63, 3.8) is 0 Å². The van der Waals surface area contributed by atoms with E-state index in [0.29, 0.717) is 6.04 Å². The number of anilines is 1. The molecule has 0 spiro atoms. The molecule has 5 heteroatoms. The third-order valence-corrected chi connectivity index (χ3v) is 4.87. The summed E-state index contributed by atoms with van der Waals surface area (Å²) in [4.78, 5) is 12.0. The maximum absolute atomic E-state index is 5.45. The molecular weight excluding hydrogens is 324 g/mol. The minimum absolute atomic E-state index is 0.424. The fourth-order valence-corrected chi connectivity index (χ4v) is 3.32. The predicted octanol–water partition coefficient (Wildman–Crippen LogP) is 3.43. The molecule has 1 aromatic heterocycles. The van der Waals surface area contributed by atoms with Crippen molar-refractivity contribution in [1.82, 2.24) is 14.9 Å². The summed E-state index contributed by atoms with van der Waals surface area (Å²) < 4.78 is 5.45. The van der Waals surface area contributed by atoms with Gasteiger partial charge in [0.05, 0.1) is 18.7 Å². The van der Waals surface area contributed by atoms with Gasteiger partial charge in [0.15, 0.2) is 5.82 Å². The summed E-state index contributed by atoms with van der Waals surface area (Å²) >= 11 is 0. The molecule has 0 radical (unpaired) electrons. The first kappa shape index (κ1) is 16.9. The van der Waals surface area contributed by atoms with Gasteiger partial charge >= 0.3 is 0 Å². The zero-order valence-electron chi connectivity index (χ0n) is 15.1. The van der Waals surface area contributed by atoms with Gasteiger partial charge in [-0.2, -0.15) is 0 Å². The summed E-state index contributed by atoms with van der Waals surface area (Å²) in [5.74, 6) is 1.65. The number of para-hydroxylation sites is 1. The van der Waals surface area contributed by atoms with Gasteiger partial charge in [0, 0.05) is 36.6 Å². The average molecular weight is 348 g/mol. The number of fused-ring (bicyclic) bond motifs is 1. The molecule has 1 atom stereocenters. The number of hydrogen-bond acceptors (Lipinski definition) is 5. The van der Waals surface area contributed by atoms with Crippen molar-refractivity contribution in [1.29, 1.82) is 0 Å². The molecule has 0 saturated carbocycles. The largest absolute Gasteiger partial charge is 0.379 e. The highest BCUT2D eigenvalue weighted by molar-refractivity contribution is 5.90. The monoisotopic (exact) mass is 348 g/mol. The summed E-state index contributed by atoms with van der Waals surface area (Å²) in [6, 6.07) is 18.7. The van der Waals surface area contributed by atoms with E-state index in [2.05, 4.69) is 23.2 Å². The van der Waals surface area contributed by atoms with Gasteiger partial charge in [-0.1, -0.05) is 42.5 Å². The second kappa shape index (κ2) is 7.81. The molecule has 3 aromatic rings. The van der Waals surface area contributed by atoms with Crippen molar-refractivity contribution < 1.29 is 4.74 Å². The smallest absolute Gasteiger partial charge is 0.162 e. The first-order chi connectivity index (χ1) is 12.8. The van der Waals surface area contributed by atoms with Crippen molar-refractivity contribution in [2.45, 2.75) is 13.0 Å². The summed E-state index contributed by atoms with van der Waals surface area (Å²) in [5, 5.41) is 4.62. The van der Waals surface area contributed by atoms with Crippen LogP contribution in [-0.4, -0.2) is 53.8 Å². The van der Waals surface area contributed by atoms with Crippen LogP contribution >= 0.6 is 0 Å². The number of morpholine rings is 1. The highest BCUT2D eigenvalue weighted by atomic mass is 16.5. The Bertz CT molecular complexity index is 862. The van der Waals surface area contributed by atoms with Crippen molar-refractivity contribution in [3.8, 4) is 11.4 Å². The van der Waals surface area contributed by atoms with Gasteiger partial charge < -0.3 is 10.1 Å². The minimum Gasteiger partial charge on any atom is -0.379 e. The average Bonchev–Trinajstić information content (AvgIpc) is 2.73. The lowest BCUT2D eigenvalue weighted by Gasteiger charge is -2.32. The van der Waals surface area contributed by atoms with E-state index in [0.717, 1.165) is 61.0 Å². The van der Waals surface area contributed by atoms with Gasteiger partial charge in [0.2, 0.25) is 0 Å². The number of rotatable bonds is 5. The van der Waals surface area contributed by atoms with Crippen molar-refractivity contribution in [3.05, 3.63) is 54.6 Å². The van der Waals surface area contributed by atoms with Crippen LogP contribution in [-0.2, 0) is 4.74 Å². The first-order valence-electron chi connectivity index (χ1n) is 9.19. The van der Waals surface area contributed by atoms with Gasteiger partial charge in [0.25, 0.3) is 0 Å². The van der Waals surface area contributed by atoms with E-state index in [4.69, 9.17) is 14.7 Å². The Hall–Kier alpha value is -2.50. The molecule has 2 heterocycles. The molecule has 1 saturated heterocycles. The van der Waals surface area contributed by atoms with Crippen LogP contribution < -0.4 is 5.32 Å². The Morgan fingerprint density at radius 1 is 1.00 bits per heavy atom. The molecule has 26 heavy (non-hydrogen) atoms. The Morgan fingerprint density at radius 3 is 2.54 bits per heavy atom. The van der Waals surface area contributed by atoms with E-state index in [1.807, 2.05) is 48.5 Å². The third-order valence-electron chi connectivity index (χ3n) is 4.87. The SMILES string of the molecule is CC(CNc1nc(-c2ccccc2)nc2ccccc12)N1CCOCC1. The second-order valence-corrected chi connectivity index (χ2v) is 6.66. The number of nitrogens with one attached hydrogen (secondary N) is 1. The molecule has 4 rings (SSSR count). The molecule has 2 aromatic carbocycles. The Morgan fingerprint density at radius 2 is 1.73 bits per heavy atom. The predicted molar refractivity (Wildman–Crippen MR) is 105 cm³/mol. The van der Waals surface area contributed by atoms with Crippen molar-refractivity contribution >= 4 is 16.7 Å². The van der Waals surface area contributed by atoms with Crippen LogP contribution in [0, 0.1) is 0 Å². The van der Waals surface area contributed by atoms with E-state index in [9.17, 15) is 0 Å².